The molecule has 0 saturated heterocycles. The van der Waals surface area contributed by atoms with Gasteiger partial charge in [-0.15, -0.1) is 11.3 Å². The summed E-state index contributed by atoms with van der Waals surface area (Å²) >= 11 is 1.43. The van der Waals surface area contributed by atoms with Gasteiger partial charge in [-0.05, 0) is 38.5 Å². The third-order valence-electron chi connectivity index (χ3n) is 4.81. The van der Waals surface area contributed by atoms with Crippen LogP contribution in [0.5, 0.6) is 0 Å². The van der Waals surface area contributed by atoms with Crippen LogP contribution in [0.4, 0.5) is 5.13 Å². The van der Waals surface area contributed by atoms with Crippen molar-refractivity contribution in [2.45, 2.75) is 20.8 Å². The van der Waals surface area contributed by atoms with Crippen molar-refractivity contribution in [1.82, 2.24) is 19.3 Å². The van der Waals surface area contributed by atoms with E-state index in [1.54, 1.807) is 24.1 Å². The van der Waals surface area contributed by atoms with Crippen LogP contribution >= 0.6 is 11.3 Å². The average molecular weight is 420 g/mol. The van der Waals surface area contributed by atoms with Crippen LogP contribution in [0.15, 0.2) is 53.7 Å². The van der Waals surface area contributed by atoms with Crippen LogP contribution in [0.25, 0.3) is 16.9 Å². The smallest absolute Gasteiger partial charge is 0.258 e. The van der Waals surface area contributed by atoms with Gasteiger partial charge in [-0.2, -0.15) is 5.10 Å². The molecule has 4 rings (SSSR count). The Morgan fingerprint density at radius 3 is 2.63 bits per heavy atom. The Balaban J connectivity index is 1.62. The van der Waals surface area contributed by atoms with E-state index in [-0.39, 0.29) is 11.5 Å². The van der Waals surface area contributed by atoms with E-state index in [9.17, 15) is 9.59 Å². The molecule has 0 aliphatic carbocycles. The summed E-state index contributed by atoms with van der Waals surface area (Å²) in [6.45, 7) is 6.09. The minimum Gasteiger partial charge on any atom is -0.298 e. The van der Waals surface area contributed by atoms with Gasteiger partial charge < -0.3 is 0 Å². The zero-order chi connectivity index (χ0) is 21.4. The topological polar surface area (TPSA) is 81.8 Å². The monoisotopic (exact) mass is 419 g/mol. The van der Waals surface area contributed by atoms with Gasteiger partial charge in [0.15, 0.2) is 5.13 Å². The lowest BCUT2D eigenvalue weighted by Gasteiger charge is -2.06. The number of anilines is 1. The molecule has 0 aliphatic rings. The molecule has 7 nitrogen and oxygen atoms in total. The maximum atomic E-state index is 12.8. The van der Waals surface area contributed by atoms with Crippen LogP contribution in [0.1, 0.15) is 26.4 Å². The highest BCUT2D eigenvalue weighted by Gasteiger charge is 2.16. The molecule has 4 aromatic rings. The number of pyridine rings is 1. The summed E-state index contributed by atoms with van der Waals surface area (Å²) in [6, 6.07) is 9.13. The SMILES string of the molecule is Cc1ccc(C)c(-c2nc(NC(=O)c3ccc(=O)n(-c4cnn(C)c4)c3)sc2C)c1. The van der Waals surface area contributed by atoms with Crippen molar-refractivity contribution in [1.29, 1.82) is 0 Å². The number of benzene rings is 1. The van der Waals surface area contributed by atoms with Gasteiger partial charge in [0, 0.05) is 35.9 Å². The Hall–Kier alpha value is -3.52. The molecule has 30 heavy (non-hydrogen) atoms. The van der Waals surface area contributed by atoms with Crippen LogP contribution < -0.4 is 10.9 Å². The summed E-state index contributed by atoms with van der Waals surface area (Å²) in [6.07, 6.45) is 4.80. The molecule has 0 atom stereocenters. The van der Waals surface area contributed by atoms with Crippen LogP contribution in [0, 0.1) is 20.8 Å². The number of thiazole rings is 1. The van der Waals surface area contributed by atoms with Crippen LogP contribution in [0.3, 0.4) is 0 Å². The molecule has 0 radical (unpaired) electrons. The van der Waals surface area contributed by atoms with Crippen molar-refractivity contribution >= 4 is 22.4 Å². The van der Waals surface area contributed by atoms with Crippen molar-refractivity contribution < 1.29 is 4.79 Å². The molecule has 152 valence electrons. The van der Waals surface area contributed by atoms with Crippen LogP contribution in [0.2, 0.25) is 0 Å². The number of aromatic nitrogens is 4. The molecule has 0 aliphatic heterocycles. The lowest BCUT2D eigenvalue weighted by atomic mass is 10.0. The number of amides is 1. The van der Waals surface area contributed by atoms with E-state index in [0.29, 0.717) is 16.4 Å². The Bertz CT molecular complexity index is 1320. The first-order valence-electron chi connectivity index (χ1n) is 9.40. The maximum Gasteiger partial charge on any atom is 0.258 e. The summed E-state index contributed by atoms with van der Waals surface area (Å²) in [5, 5.41) is 7.46. The number of carbonyl (C=O) groups excluding carboxylic acids is 1. The molecule has 3 aromatic heterocycles. The molecule has 8 heteroatoms. The average Bonchev–Trinajstić information content (AvgIpc) is 3.29. The molecule has 1 N–H and O–H groups in total. The maximum absolute atomic E-state index is 12.8. The summed E-state index contributed by atoms with van der Waals surface area (Å²) in [5.41, 5.74) is 4.95. The quantitative estimate of drug-likeness (QED) is 0.544. The number of nitrogens with one attached hydrogen (secondary N) is 1. The summed E-state index contributed by atoms with van der Waals surface area (Å²) in [7, 11) is 1.77. The standard InChI is InChI=1S/C22H21N5O2S/c1-13-5-6-14(2)18(9-13)20-15(3)30-22(24-20)25-21(29)16-7-8-19(28)27(11-16)17-10-23-26(4)12-17/h5-12H,1-4H3,(H,24,25,29). The second-order valence-corrected chi connectivity index (χ2v) is 8.40. The minimum atomic E-state index is -0.325. The summed E-state index contributed by atoms with van der Waals surface area (Å²) in [5.74, 6) is -0.325. The molecule has 0 unspecified atom stereocenters. The number of nitrogens with zero attached hydrogens (tertiary/aromatic N) is 4. The normalized spacial score (nSPS) is 10.9. The molecule has 3 heterocycles. The third-order valence-corrected chi connectivity index (χ3v) is 5.69. The highest BCUT2D eigenvalue weighted by molar-refractivity contribution is 7.16. The summed E-state index contributed by atoms with van der Waals surface area (Å²) < 4.78 is 3.00. The first kappa shape index (κ1) is 19.8. The Morgan fingerprint density at radius 1 is 1.10 bits per heavy atom. The minimum absolute atomic E-state index is 0.234. The number of hydrogen-bond donors (Lipinski definition) is 1. The van der Waals surface area contributed by atoms with Crippen LogP contribution in [-0.2, 0) is 7.05 Å². The van der Waals surface area contributed by atoms with Crippen LogP contribution in [-0.4, -0.2) is 25.2 Å². The molecular weight excluding hydrogens is 398 g/mol. The predicted molar refractivity (Wildman–Crippen MR) is 119 cm³/mol. The second kappa shape index (κ2) is 7.72. The zero-order valence-corrected chi connectivity index (χ0v) is 17.9. The van der Waals surface area contributed by atoms with E-state index >= 15 is 0 Å². The number of rotatable bonds is 4. The van der Waals surface area contributed by atoms with E-state index in [1.807, 2.05) is 20.8 Å². The van der Waals surface area contributed by atoms with Gasteiger partial charge in [0.2, 0.25) is 0 Å². The fourth-order valence-electron chi connectivity index (χ4n) is 3.22. The molecule has 0 bridgehead atoms. The number of aryl methyl sites for hydroxylation is 4. The molecule has 1 aromatic carbocycles. The van der Waals surface area contributed by atoms with Gasteiger partial charge in [-0.1, -0.05) is 17.7 Å². The van der Waals surface area contributed by atoms with E-state index in [4.69, 9.17) is 0 Å². The fourth-order valence-corrected chi connectivity index (χ4v) is 4.04. The van der Waals surface area contributed by atoms with Gasteiger partial charge in [-0.25, -0.2) is 4.98 Å². The first-order chi connectivity index (χ1) is 14.3. The highest BCUT2D eigenvalue weighted by Crippen LogP contribution is 2.33. The molecule has 0 saturated carbocycles. The number of carbonyl (C=O) groups is 1. The van der Waals surface area contributed by atoms with Crippen molar-refractivity contribution in [3.8, 4) is 16.9 Å². The van der Waals surface area contributed by atoms with Crippen molar-refractivity contribution in [3.63, 3.8) is 0 Å². The van der Waals surface area contributed by atoms with Gasteiger partial charge in [0.05, 0.1) is 23.1 Å². The van der Waals surface area contributed by atoms with Gasteiger partial charge in [0.25, 0.3) is 11.5 Å². The number of hydrogen-bond acceptors (Lipinski definition) is 5. The Morgan fingerprint density at radius 2 is 1.90 bits per heavy atom. The molecule has 0 fully saturated rings. The molecule has 1 amide bonds. The Kier molecular flexibility index (Phi) is 5.09. The van der Waals surface area contributed by atoms with E-state index in [2.05, 4.69) is 33.6 Å². The molecular formula is C22H21N5O2S. The predicted octanol–water partition coefficient (Wildman–Crippen LogP) is 3.87. The van der Waals surface area contributed by atoms with E-state index in [0.717, 1.165) is 27.3 Å². The van der Waals surface area contributed by atoms with E-state index < -0.39 is 0 Å². The van der Waals surface area contributed by atoms with Crippen molar-refractivity contribution in [2.75, 3.05) is 5.32 Å². The fraction of sp³-hybridized carbons (Fsp3) is 0.182. The lowest BCUT2D eigenvalue weighted by Crippen LogP contribution is -2.20. The highest BCUT2D eigenvalue weighted by atomic mass is 32.1. The lowest BCUT2D eigenvalue weighted by molar-refractivity contribution is 0.102. The van der Waals surface area contributed by atoms with Crippen molar-refractivity contribution in [3.05, 3.63) is 80.8 Å². The van der Waals surface area contributed by atoms with Gasteiger partial charge in [-0.3, -0.25) is 24.2 Å². The molecule has 0 spiro atoms. The summed E-state index contributed by atoms with van der Waals surface area (Å²) in [4.78, 5) is 30.7. The largest absolute Gasteiger partial charge is 0.298 e. The zero-order valence-electron chi connectivity index (χ0n) is 17.1. The second-order valence-electron chi connectivity index (χ2n) is 7.19. The third kappa shape index (κ3) is 3.81. The van der Waals surface area contributed by atoms with Crippen molar-refractivity contribution in [2.24, 2.45) is 7.05 Å². The Labute approximate surface area is 177 Å². The van der Waals surface area contributed by atoms with Gasteiger partial charge in [0.1, 0.15) is 0 Å². The first-order valence-corrected chi connectivity index (χ1v) is 10.2. The van der Waals surface area contributed by atoms with E-state index in [1.165, 1.54) is 34.2 Å². The van der Waals surface area contributed by atoms with Gasteiger partial charge >= 0.3 is 0 Å².